The van der Waals surface area contributed by atoms with E-state index >= 15 is 0 Å². The molecule has 0 unspecified atom stereocenters. The number of rotatable bonds is 7. The van der Waals surface area contributed by atoms with E-state index in [-0.39, 0.29) is 23.4 Å². The van der Waals surface area contributed by atoms with Crippen molar-refractivity contribution < 1.29 is 37.0 Å². The normalized spacial score (nSPS) is 11.6. The van der Waals surface area contributed by atoms with Crippen molar-refractivity contribution in [1.29, 1.82) is 0 Å². The van der Waals surface area contributed by atoms with Crippen LogP contribution in [0, 0.1) is 6.92 Å². The number of nitrogens with zero attached hydrogens (tertiary/aromatic N) is 4. The Balaban J connectivity index is 1.46. The lowest BCUT2D eigenvalue weighted by molar-refractivity contribution is -0.141. The van der Waals surface area contributed by atoms with E-state index in [1.165, 1.54) is 53.4 Å². The molecule has 2 heterocycles. The highest BCUT2D eigenvalue weighted by Crippen LogP contribution is 2.40. The average Bonchev–Trinajstić information content (AvgIpc) is 3.49. The van der Waals surface area contributed by atoms with Crippen molar-refractivity contribution in [3.8, 4) is 11.6 Å². The lowest BCUT2D eigenvalue weighted by Crippen LogP contribution is -2.26. The molecule has 5 rings (SSSR count). The molecule has 0 spiro atoms. The second-order valence-corrected chi connectivity index (χ2v) is 9.35. The number of aryl methyl sites for hydroxylation is 1. The summed E-state index contributed by atoms with van der Waals surface area (Å²) in [6.07, 6.45) is -4.88. The van der Waals surface area contributed by atoms with Crippen LogP contribution in [0.25, 0.3) is 16.8 Å². The summed E-state index contributed by atoms with van der Waals surface area (Å²) in [5.74, 6) is -1.49. The van der Waals surface area contributed by atoms with Crippen LogP contribution >= 0.6 is 11.6 Å². The fourth-order valence-corrected chi connectivity index (χ4v) is 4.36. The molecule has 0 radical (unpaired) electrons. The average molecular weight is 585 g/mol. The zero-order chi connectivity index (χ0) is 29.5. The molecule has 1 N–H and O–H groups in total. The quantitative estimate of drug-likeness (QED) is 0.231. The third-order valence-corrected chi connectivity index (χ3v) is 6.48. The number of hydrogen-bond donors (Lipinski definition) is 1. The SMILES string of the molecule is Cc1nc2ccc(N(C)C(=O)c3cccc(-n4nc(C(F)(F)F)c(Cl)c4OCc4ccc(C(=O)O)cc4)c3)cc2o1. The molecule has 0 bridgehead atoms. The highest BCUT2D eigenvalue weighted by molar-refractivity contribution is 6.32. The minimum Gasteiger partial charge on any atom is -0.478 e. The van der Waals surface area contributed by atoms with Gasteiger partial charge in [-0.1, -0.05) is 29.8 Å². The largest absolute Gasteiger partial charge is 0.478 e. The number of halogens is 4. The predicted molar refractivity (Wildman–Crippen MR) is 143 cm³/mol. The predicted octanol–water partition coefficient (Wildman–Crippen LogP) is 6.55. The van der Waals surface area contributed by atoms with Gasteiger partial charge in [-0.15, -0.1) is 0 Å². The number of ether oxygens (including phenoxy) is 1. The molecule has 2 aromatic heterocycles. The molecule has 210 valence electrons. The van der Waals surface area contributed by atoms with E-state index in [1.807, 2.05) is 0 Å². The number of carboxylic acid groups (broad SMARTS) is 1. The van der Waals surface area contributed by atoms with Crippen molar-refractivity contribution in [2.75, 3.05) is 11.9 Å². The van der Waals surface area contributed by atoms with E-state index in [4.69, 9.17) is 25.9 Å². The number of carboxylic acids is 1. The van der Waals surface area contributed by atoms with Crippen molar-refractivity contribution >= 4 is 40.3 Å². The van der Waals surface area contributed by atoms with Gasteiger partial charge in [0.2, 0.25) is 5.88 Å². The van der Waals surface area contributed by atoms with Gasteiger partial charge in [0.05, 0.1) is 11.3 Å². The Morgan fingerprint density at radius 1 is 1.07 bits per heavy atom. The third-order valence-electron chi connectivity index (χ3n) is 6.14. The van der Waals surface area contributed by atoms with Crippen LogP contribution in [0.1, 0.15) is 37.9 Å². The lowest BCUT2D eigenvalue weighted by Gasteiger charge is -2.18. The maximum atomic E-state index is 13.7. The molecule has 9 nitrogen and oxygen atoms in total. The van der Waals surface area contributed by atoms with Crippen molar-refractivity contribution in [3.63, 3.8) is 0 Å². The van der Waals surface area contributed by atoms with Gasteiger partial charge in [0.25, 0.3) is 5.91 Å². The van der Waals surface area contributed by atoms with Gasteiger partial charge in [-0.05, 0) is 48.0 Å². The number of alkyl halides is 3. The molecule has 13 heteroatoms. The van der Waals surface area contributed by atoms with Crippen molar-refractivity contribution in [2.45, 2.75) is 19.7 Å². The van der Waals surface area contributed by atoms with Gasteiger partial charge in [0.1, 0.15) is 17.1 Å². The number of carbonyl (C=O) groups excluding carboxylic acids is 1. The molecule has 0 saturated heterocycles. The van der Waals surface area contributed by atoms with Gasteiger partial charge >= 0.3 is 12.1 Å². The number of anilines is 1. The first-order valence-corrected chi connectivity index (χ1v) is 12.4. The summed E-state index contributed by atoms with van der Waals surface area (Å²) in [5, 5.41) is 12.0. The summed E-state index contributed by atoms with van der Waals surface area (Å²) in [5.41, 5.74) is 1.07. The zero-order valence-corrected chi connectivity index (χ0v) is 22.2. The van der Waals surface area contributed by atoms with E-state index in [0.29, 0.717) is 28.2 Å². The van der Waals surface area contributed by atoms with Crippen LogP contribution in [0.2, 0.25) is 5.02 Å². The molecular weight excluding hydrogens is 565 g/mol. The molecule has 3 aromatic carbocycles. The Bertz CT molecular complexity index is 1780. The molecule has 1 amide bonds. The molecule has 0 aliphatic rings. The number of oxazole rings is 1. The molecule has 0 aliphatic heterocycles. The molecule has 0 aliphatic carbocycles. The Morgan fingerprint density at radius 2 is 1.80 bits per heavy atom. The Hall–Kier alpha value is -4.84. The number of aromatic carboxylic acids is 1. The first-order valence-electron chi connectivity index (χ1n) is 12.0. The summed E-state index contributed by atoms with van der Waals surface area (Å²) in [6.45, 7) is 1.48. The Kier molecular flexibility index (Phi) is 7.18. The Labute approximate surface area is 235 Å². The van der Waals surface area contributed by atoms with E-state index < -0.39 is 34.6 Å². The zero-order valence-electron chi connectivity index (χ0n) is 21.4. The number of benzene rings is 3. The number of amides is 1. The number of carbonyl (C=O) groups is 2. The minimum absolute atomic E-state index is 0.0403. The fraction of sp³-hybridized carbons (Fsp3) is 0.143. The molecule has 0 fully saturated rings. The molecule has 0 saturated carbocycles. The molecule has 0 atom stereocenters. The van der Waals surface area contributed by atoms with Crippen molar-refractivity contribution in [1.82, 2.24) is 14.8 Å². The van der Waals surface area contributed by atoms with Crippen LogP contribution < -0.4 is 9.64 Å². The maximum Gasteiger partial charge on any atom is 0.436 e. The van der Waals surface area contributed by atoms with E-state index in [1.54, 1.807) is 32.2 Å². The highest BCUT2D eigenvalue weighted by atomic mass is 35.5. The fourth-order valence-electron chi connectivity index (χ4n) is 4.08. The van der Waals surface area contributed by atoms with Gasteiger partial charge in [-0.3, -0.25) is 4.79 Å². The van der Waals surface area contributed by atoms with Gasteiger partial charge in [0.15, 0.2) is 17.2 Å². The highest BCUT2D eigenvalue weighted by Gasteiger charge is 2.40. The maximum absolute atomic E-state index is 13.7. The second-order valence-electron chi connectivity index (χ2n) is 8.97. The number of fused-ring (bicyclic) bond motifs is 1. The van der Waals surface area contributed by atoms with Crippen LogP contribution in [0.15, 0.2) is 71.1 Å². The molecule has 41 heavy (non-hydrogen) atoms. The third kappa shape index (κ3) is 5.59. The van der Waals surface area contributed by atoms with E-state index in [2.05, 4.69) is 10.1 Å². The summed E-state index contributed by atoms with van der Waals surface area (Å²) >= 11 is 6.08. The smallest absolute Gasteiger partial charge is 0.436 e. The van der Waals surface area contributed by atoms with E-state index in [0.717, 1.165) is 4.68 Å². The standard InChI is InChI=1S/C28H20ClF3N4O5/c1-15-33-21-11-10-19(13-22(21)41-15)35(2)25(37)18-4-3-5-20(12-18)36-26(23(29)24(34-36)28(30,31)32)40-14-16-6-8-17(9-7-16)27(38)39/h3-13H,14H2,1-2H3,(H,38,39). The second kappa shape index (κ2) is 10.6. The van der Waals surface area contributed by atoms with Crippen molar-refractivity contribution in [3.05, 3.63) is 100 Å². The summed E-state index contributed by atoms with van der Waals surface area (Å²) in [7, 11) is 1.55. The van der Waals surface area contributed by atoms with Gasteiger partial charge in [0, 0.05) is 31.3 Å². The van der Waals surface area contributed by atoms with Crippen LogP contribution in [-0.2, 0) is 12.8 Å². The van der Waals surface area contributed by atoms with Crippen LogP contribution in [0.5, 0.6) is 5.88 Å². The van der Waals surface area contributed by atoms with Gasteiger partial charge in [-0.25, -0.2) is 9.78 Å². The summed E-state index contributed by atoms with van der Waals surface area (Å²) in [6, 6.07) is 16.5. The van der Waals surface area contributed by atoms with Gasteiger partial charge in [-0.2, -0.15) is 23.0 Å². The summed E-state index contributed by atoms with van der Waals surface area (Å²) < 4.78 is 53.2. The lowest BCUT2D eigenvalue weighted by atomic mass is 10.1. The molecule has 5 aromatic rings. The minimum atomic E-state index is -4.88. The topological polar surface area (TPSA) is 111 Å². The first kappa shape index (κ1) is 27.7. The van der Waals surface area contributed by atoms with Crippen LogP contribution in [0.3, 0.4) is 0 Å². The Morgan fingerprint density at radius 3 is 2.49 bits per heavy atom. The van der Waals surface area contributed by atoms with Crippen LogP contribution in [-0.4, -0.2) is 38.8 Å². The first-order chi connectivity index (χ1) is 19.4. The number of aromatic nitrogens is 3. The monoisotopic (exact) mass is 584 g/mol. The van der Waals surface area contributed by atoms with Crippen LogP contribution in [0.4, 0.5) is 18.9 Å². The van der Waals surface area contributed by atoms with E-state index in [9.17, 15) is 22.8 Å². The van der Waals surface area contributed by atoms with Gasteiger partial charge < -0.3 is 19.2 Å². The van der Waals surface area contributed by atoms with Crippen molar-refractivity contribution in [2.24, 2.45) is 0 Å². The summed E-state index contributed by atoms with van der Waals surface area (Å²) in [4.78, 5) is 30.0. The number of hydrogen-bond acceptors (Lipinski definition) is 6. The molecular formula is C28H20ClF3N4O5.